The number of anilines is 1. The van der Waals surface area contributed by atoms with Crippen molar-refractivity contribution < 1.29 is 14.6 Å². The lowest BCUT2D eigenvalue weighted by Gasteiger charge is -2.13. The number of phenols is 1. The van der Waals surface area contributed by atoms with Crippen molar-refractivity contribution in [2.24, 2.45) is 10.2 Å². The average Bonchev–Trinajstić information content (AvgIpc) is 3.35. The molecule has 0 aliphatic rings. The van der Waals surface area contributed by atoms with Crippen LogP contribution in [0.5, 0.6) is 11.5 Å². The number of carbonyl (C=O) groups is 1. The summed E-state index contributed by atoms with van der Waals surface area (Å²) in [6.45, 7) is 0. The molecule has 0 saturated heterocycles. The third kappa shape index (κ3) is 4.54. The number of fused-ring (bicyclic) bond motifs is 1. The van der Waals surface area contributed by atoms with E-state index in [1.807, 2.05) is 12.1 Å². The monoisotopic (exact) mass is 490 g/mol. The van der Waals surface area contributed by atoms with E-state index in [1.165, 1.54) is 30.4 Å². The Balaban J connectivity index is 1.63. The van der Waals surface area contributed by atoms with Gasteiger partial charge < -0.3 is 15.2 Å². The highest BCUT2D eigenvalue weighted by Gasteiger charge is 2.21. The van der Waals surface area contributed by atoms with Gasteiger partial charge in [0.1, 0.15) is 23.1 Å². The predicted octanol–water partition coefficient (Wildman–Crippen LogP) is 5.07. The van der Waals surface area contributed by atoms with Crippen LogP contribution in [0.1, 0.15) is 15.9 Å². The van der Waals surface area contributed by atoms with Crippen molar-refractivity contribution in [1.82, 2.24) is 19.7 Å². The molecule has 0 spiro atoms. The van der Waals surface area contributed by atoms with Crippen molar-refractivity contribution in [2.45, 2.75) is 0 Å². The number of nitrogens with zero attached hydrogens (tertiary/aromatic N) is 7. The van der Waals surface area contributed by atoms with E-state index in [0.717, 1.165) is 0 Å². The Kier molecular flexibility index (Phi) is 6.21. The lowest BCUT2D eigenvalue weighted by Crippen LogP contribution is -2.12. The highest BCUT2D eigenvalue weighted by molar-refractivity contribution is 6.16. The van der Waals surface area contributed by atoms with Gasteiger partial charge in [-0.25, -0.2) is 9.97 Å². The molecule has 0 saturated carbocycles. The molecule has 180 valence electrons. The molecular formula is C26H18N8O3. The van der Waals surface area contributed by atoms with Crippen LogP contribution in [0.15, 0.2) is 89.5 Å². The van der Waals surface area contributed by atoms with Crippen LogP contribution in [0.3, 0.4) is 0 Å². The number of aromatic hydroxyl groups is 1. The van der Waals surface area contributed by atoms with Crippen molar-refractivity contribution >= 4 is 33.9 Å². The van der Waals surface area contributed by atoms with Gasteiger partial charge in [-0.15, -0.1) is 10.2 Å². The van der Waals surface area contributed by atoms with Gasteiger partial charge in [0, 0.05) is 18.1 Å². The molecule has 3 aromatic carbocycles. The summed E-state index contributed by atoms with van der Waals surface area (Å²) in [6.07, 6.45) is 4.36. The maximum absolute atomic E-state index is 13.3. The number of hydrogen-bond donors (Lipinski definition) is 2. The fourth-order valence-corrected chi connectivity index (χ4v) is 3.67. The summed E-state index contributed by atoms with van der Waals surface area (Å²) in [7, 11) is 1.53. The van der Waals surface area contributed by atoms with E-state index in [-0.39, 0.29) is 34.3 Å². The molecule has 2 N–H and O–H groups in total. The van der Waals surface area contributed by atoms with Gasteiger partial charge in [0.15, 0.2) is 11.6 Å². The van der Waals surface area contributed by atoms with Gasteiger partial charge in [0.25, 0.3) is 11.9 Å². The fourth-order valence-electron chi connectivity index (χ4n) is 3.67. The lowest BCUT2D eigenvalue weighted by atomic mass is 10.0. The second kappa shape index (κ2) is 9.93. The summed E-state index contributed by atoms with van der Waals surface area (Å²) < 4.78 is 6.58. The molecule has 11 nitrogen and oxygen atoms in total. The van der Waals surface area contributed by atoms with E-state index in [1.54, 1.807) is 54.6 Å². The summed E-state index contributed by atoms with van der Waals surface area (Å²) >= 11 is 0. The molecule has 0 aliphatic carbocycles. The first-order valence-electron chi connectivity index (χ1n) is 11.0. The van der Waals surface area contributed by atoms with Crippen molar-refractivity contribution in [3.63, 3.8) is 0 Å². The molecule has 0 atom stereocenters. The minimum Gasteiger partial charge on any atom is -0.505 e. The number of carbonyl (C=O) groups excluding carboxylic acids is 1. The summed E-state index contributed by atoms with van der Waals surface area (Å²) in [4.78, 5) is 21.5. The number of azo groups is 1. The minimum atomic E-state index is -0.531. The Morgan fingerprint density at radius 1 is 1.08 bits per heavy atom. The minimum absolute atomic E-state index is 0.00424. The number of phenolic OH excluding ortho intramolecular Hbond substituents is 1. The van der Waals surface area contributed by atoms with Crippen LogP contribution >= 0.6 is 0 Å². The van der Waals surface area contributed by atoms with Crippen molar-refractivity contribution in [3.8, 4) is 23.5 Å². The number of benzene rings is 3. The second-order valence-corrected chi connectivity index (χ2v) is 7.68. The first-order valence-corrected chi connectivity index (χ1v) is 11.0. The molecule has 5 aromatic rings. The predicted molar refractivity (Wildman–Crippen MR) is 135 cm³/mol. The topological polar surface area (TPSA) is 151 Å². The zero-order chi connectivity index (χ0) is 25.8. The van der Waals surface area contributed by atoms with Gasteiger partial charge >= 0.3 is 0 Å². The fraction of sp³-hybridized carbons (Fsp3) is 0.0385. The first kappa shape index (κ1) is 23.1. The number of ether oxygens (including phenoxy) is 1. The highest BCUT2D eigenvalue weighted by Crippen LogP contribution is 2.39. The smallest absolute Gasteiger partial charge is 0.260 e. The largest absolute Gasteiger partial charge is 0.505 e. The summed E-state index contributed by atoms with van der Waals surface area (Å²) in [5.74, 6) is -0.101. The average molecular weight is 490 g/mol. The van der Waals surface area contributed by atoms with E-state index < -0.39 is 5.91 Å². The van der Waals surface area contributed by atoms with Crippen LogP contribution in [-0.4, -0.2) is 37.9 Å². The van der Waals surface area contributed by atoms with Gasteiger partial charge in [-0.3, -0.25) is 4.79 Å². The maximum atomic E-state index is 13.3. The van der Waals surface area contributed by atoms with Crippen LogP contribution in [0, 0.1) is 11.3 Å². The number of hydrogen-bond acceptors (Lipinski definition) is 9. The van der Waals surface area contributed by atoms with Crippen molar-refractivity contribution in [3.05, 3.63) is 90.4 Å². The van der Waals surface area contributed by atoms with Crippen LogP contribution in [0.4, 0.5) is 17.2 Å². The maximum Gasteiger partial charge on any atom is 0.260 e. The summed E-state index contributed by atoms with van der Waals surface area (Å²) in [6, 6.07) is 19.2. The molecule has 5 rings (SSSR count). The van der Waals surface area contributed by atoms with Crippen LogP contribution in [0.25, 0.3) is 16.7 Å². The molecule has 0 radical (unpaired) electrons. The van der Waals surface area contributed by atoms with Crippen LogP contribution in [-0.2, 0) is 0 Å². The number of methoxy groups -OCH3 is 1. The summed E-state index contributed by atoms with van der Waals surface area (Å²) in [5.41, 5.74) is 0.703. The number of nitriles is 1. The van der Waals surface area contributed by atoms with Crippen LogP contribution in [0.2, 0.25) is 0 Å². The molecule has 2 aromatic heterocycles. The Morgan fingerprint density at radius 2 is 1.86 bits per heavy atom. The zero-order valence-corrected chi connectivity index (χ0v) is 19.4. The number of aromatic nitrogens is 4. The third-order valence-corrected chi connectivity index (χ3v) is 5.42. The normalized spacial score (nSPS) is 10.9. The zero-order valence-electron chi connectivity index (χ0n) is 19.4. The Hall–Kier alpha value is -5.63. The molecule has 37 heavy (non-hydrogen) atoms. The molecular weight excluding hydrogens is 472 g/mol. The van der Waals surface area contributed by atoms with E-state index in [2.05, 4.69) is 30.6 Å². The lowest BCUT2D eigenvalue weighted by molar-refractivity contribution is 0.102. The molecule has 0 fully saturated rings. The number of amides is 1. The van der Waals surface area contributed by atoms with Crippen molar-refractivity contribution in [1.29, 1.82) is 5.26 Å². The standard InChI is InChI=1S/C26H18N8O3/c1-37-19-8-9-20-16(12-19)13-21(23(35)22(20)25(36)31-18-6-3-2-4-7-18)32-33-24-17(14-27)15-30-34(24)26-28-10-5-11-29-26/h2-13,15,35H,1H3,(H,31,36)/b33-32+. The van der Waals surface area contributed by atoms with E-state index in [4.69, 9.17) is 4.74 Å². The van der Waals surface area contributed by atoms with Gasteiger partial charge in [0.05, 0.1) is 18.9 Å². The summed E-state index contributed by atoms with van der Waals surface area (Å²) in [5, 5.41) is 37.0. The number of nitrogens with one attached hydrogen (secondary N) is 1. The van der Waals surface area contributed by atoms with Gasteiger partial charge in [-0.05, 0) is 53.2 Å². The molecule has 11 heteroatoms. The Morgan fingerprint density at radius 3 is 2.59 bits per heavy atom. The molecule has 2 heterocycles. The van der Waals surface area contributed by atoms with Gasteiger partial charge in [0.2, 0.25) is 0 Å². The Labute approximate surface area is 210 Å². The number of rotatable bonds is 6. The molecule has 1 amide bonds. The van der Waals surface area contributed by atoms with E-state index in [0.29, 0.717) is 22.2 Å². The van der Waals surface area contributed by atoms with Gasteiger partial charge in [-0.2, -0.15) is 15.0 Å². The molecule has 0 unspecified atom stereocenters. The SMILES string of the molecule is COc1ccc2c(C(=O)Nc3ccccc3)c(O)c(/N=N/c3c(C#N)cnn3-c3ncccn3)cc2c1. The third-order valence-electron chi connectivity index (χ3n) is 5.42. The number of para-hydroxylation sites is 1. The molecule has 0 bridgehead atoms. The first-order chi connectivity index (χ1) is 18.1. The van der Waals surface area contributed by atoms with E-state index >= 15 is 0 Å². The highest BCUT2D eigenvalue weighted by atomic mass is 16.5. The van der Waals surface area contributed by atoms with E-state index in [9.17, 15) is 15.2 Å². The molecule has 0 aliphatic heterocycles. The van der Waals surface area contributed by atoms with Gasteiger partial charge in [-0.1, -0.05) is 18.2 Å². The second-order valence-electron chi connectivity index (χ2n) is 7.68. The quantitative estimate of drug-likeness (QED) is 0.315. The Bertz CT molecular complexity index is 1680. The van der Waals surface area contributed by atoms with Crippen LogP contribution < -0.4 is 10.1 Å². The van der Waals surface area contributed by atoms with Crippen molar-refractivity contribution in [2.75, 3.05) is 12.4 Å².